The highest BCUT2D eigenvalue weighted by Gasteiger charge is 2.28. The van der Waals surface area contributed by atoms with Gasteiger partial charge in [-0.2, -0.15) is 5.10 Å². The molecule has 2 atom stereocenters. The van der Waals surface area contributed by atoms with Gasteiger partial charge in [0.15, 0.2) is 0 Å². The molecule has 0 aliphatic carbocycles. The van der Waals surface area contributed by atoms with Gasteiger partial charge in [0, 0.05) is 7.05 Å². The van der Waals surface area contributed by atoms with E-state index in [-0.39, 0.29) is 11.5 Å². The molecule has 0 fully saturated rings. The number of hydrogen-bond donors (Lipinski definition) is 2. The van der Waals surface area contributed by atoms with Crippen LogP contribution in [0.1, 0.15) is 41.9 Å². The van der Waals surface area contributed by atoms with Crippen molar-refractivity contribution in [2.75, 3.05) is 0 Å². The predicted molar refractivity (Wildman–Crippen MR) is 77.3 cm³/mol. The molecule has 116 valence electrons. The second-order valence-corrected chi connectivity index (χ2v) is 5.19. The Labute approximate surface area is 123 Å². The topological polar surface area (TPSA) is 101 Å². The Hall–Kier alpha value is -2.18. The number of carbonyl (C=O) groups excluding carboxylic acids is 1. The summed E-state index contributed by atoms with van der Waals surface area (Å²) in [6.45, 7) is 6.89. The molecule has 1 aromatic heterocycles. The lowest BCUT2D eigenvalue weighted by molar-refractivity contribution is -0.140. The second kappa shape index (κ2) is 6.51. The number of nitrogens with zero attached hydrogens (tertiary/aromatic N) is 2. The van der Waals surface area contributed by atoms with Crippen LogP contribution >= 0.6 is 0 Å². The Morgan fingerprint density at radius 1 is 1.38 bits per heavy atom. The van der Waals surface area contributed by atoms with Crippen LogP contribution in [0.4, 0.5) is 0 Å². The van der Waals surface area contributed by atoms with Crippen LogP contribution in [0, 0.1) is 19.8 Å². The summed E-state index contributed by atoms with van der Waals surface area (Å²) in [5, 5.41) is 15.6. The maximum atomic E-state index is 12.3. The van der Waals surface area contributed by atoms with Crippen molar-refractivity contribution >= 4 is 11.9 Å². The number of nitrogens with one attached hydrogen (secondary N) is 1. The first-order chi connectivity index (χ1) is 9.70. The molecule has 0 spiro atoms. The standard InChI is InChI=1S/C14H21N3O4/c1-6-7(2)11(14(20)21)15-12(18)10-8(3)9(4)16-17(5)13(10)19/h7,11H,6H2,1-5H3,(H,15,18)(H,20,21)/t7?,11-/m0/s1. The van der Waals surface area contributed by atoms with E-state index in [1.54, 1.807) is 20.8 Å². The van der Waals surface area contributed by atoms with E-state index in [0.29, 0.717) is 17.7 Å². The smallest absolute Gasteiger partial charge is 0.326 e. The van der Waals surface area contributed by atoms with Gasteiger partial charge < -0.3 is 10.4 Å². The van der Waals surface area contributed by atoms with Crippen molar-refractivity contribution in [3.63, 3.8) is 0 Å². The third-order valence-electron chi connectivity index (χ3n) is 3.72. The summed E-state index contributed by atoms with van der Waals surface area (Å²) < 4.78 is 1.08. The average molecular weight is 295 g/mol. The van der Waals surface area contributed by atoms with Crippen molar-refractivity contribution in [2.45, 2.75) is 40.2 Å². The second-order valence-electron chi connectivity index (χ2n) is 5.19. The summed E-state index contributed by atoms with van der Waals surface area (Å²) in [4.78, 5) is 35.6. The molecule has 7 heteroatoms. The molecule has 21 heavy (non-hydrogen) atoms. The monoisotopic (exact) mass is 295 g/mol. The van der Waals surface area contributed by atoms with Crippen LogP contribution in [0.15, 0.2) is 4.79 Å². The van der Waals surface area contributed by atoms with Crippen molar-refractivity contribution in [1.29, 1.82) is 0 Å². The first-order valence-electron chi connectivity index (χ1n) is 6.78. The first-order valence-corrected chi connectivity index (χ1v) is 6.78. The van der Waals surface area contributed by atoms with Crippen LogP contribution in [0.5, 0.6) is 0 Å². The van der Waals surface area contributed by atoms with E-state index in [1.807, 2.05) is 6.92 Å². The third kappa shape index (κ3) is 3.48. The van der Waals surface area contributed by atoms with Gasteiger partial charge in [0.2, 0.25) is 0 Å². The van der Waals surface area contributed by atoms with E-state index in [0.717, 1.165) is 4.68 Å². The molecular weight excluding hydrogens is 274 g/mol. The lowest BCUT2D eigenvalue weighted by atomic mass is 9.98. The Bertz CT molecular complexity index is 621. The van der Waals surface area contributed by atoms with E-state index in [4.69, 9.17) is 0 Å². The highest BCUT2D eigenvalue weighted by atomic mass is 16.4. The van der Waals surface area contributed by atoms with Gasteiger partial charge in [-0.15, -0.1) is 0 Å². The maximum Gasteiger partial charge on any atom is 0.326 e. The molecule has 1 amide bonds. The predicted octanol–water partition coefficient (Wildman–Crippen LogP) is 0.626. The molecule has 0 saturated heterocycles. The van der Waals surface area contributed by atoms with Gasteiger partial charge in [0.1, 0.15) is 11.6 Å². The molecule has 7 nitrogen and oxygen atoms in total. The van der Waals surface area contributed by atoms with Crippen molar-refractivity contribution in [3.8, 4) is 0 Å². The fourth-order valence-corrected chi connectivity index (χ4v) is 2.01. The minimum atomic E-state index is -1.11. The van der Waals surface area contributed by atoms with Crippen LogP contribution in [0.2, 0.25) is 0 Å². The Morgan fingerprint density at radius 3 is 2.43 bits per heavy atom. The van der Waals surface area contributed by atoms with E-state index >= 15 is 0 Å². The molecule has 0 aliphatic rings. The molecule has 1 aromatic rings. The molecule has 1 unspecified atom stereocenters. The SMILES string of the molecule is CCC(C)[C@H](NC(=O)c1c(C)c(C)nn(C)c1=O)C(=O)O. The van der Waals surface area contributed by atoms with Crippen molar-refractivity contribution < 1.29 is 14.7 Å². The summed E-state index contributed by atoms with van der Waals surface area (Å²) in [5.74, 6) is -2.03. The summed E-state index contributed by atoms with van der Waals surface area (Å²) in [5.41, 5.74) is 0.421. The molecule has 0 radical (unpaired) electrons. The van der Waals surface area contributed by atoms with Gasteiger partial charge in [-0.05, 0) is 25.3 Å². The molecule has 2 N–H and O–H groups in total. The van der Waals surface area contributed by atoms with Crippen LogP contribution in [0.3, 0.4) is 0 Å². The van der Waals surface area contributed by atoms with Gasteiger partial charge in [0.05, 0.1) is 5.69 Å². The summed E-state index contributed by atoms with van der Waals surface area (Å²) in [6.07, 6.45) is 0.601. The fraction of sp³-hybridized carbons (Fsp3) is 0.571. The number of carboxylic acids is 1. The minimum absolute atomic E-state index is 0.0560. The lowest BCUT2D eigenvalue weighted by Crippen LogP contribution is -2.47. The van der Waals surface area contributed by atoms with Crippen LogP contribution in [-0.2, 0) is 11.8 Å². The van der Waals surface area contributed by atoms with E-state index in [1.165, 1.54) is 7.05 Å². The molecule has 0 bridgehead atoms. The van der Waals surface area contributed by atoms with E-state index in [9.17, 15) is 19.5 Å². The average Bonchev–Trinajstić information content (AvgIpc) is 2.41. The largest absolute Gasteiger partial charge is 0.480 e. The van der Waals surface area contributed by atoms with Crippen molar-refractivity contribution in [2.24, 2.45) is 13.0 Å². The number of aliphatic carboxylic acids is 1. The zero-order valence-corrected chi connectivity index (χ0v) is 12.9. The Balaban J connectivity index is 3.21. The van der Waals surface area contributed by atoms with Crippen LogP contribution in [0.25, 0.3) is 0 Å². The number of carbonyl (C=O) groups is 2. The highest BCUT2D eigenvalue weighted by molar-refractivity contribution is 5.97. The molecule has 1 heterocycles. The number of aromatic nitrogens is 2. The zero-order chi connectivity index (χ0) is 16.3. The number of aryl methyl sites for hydroxylation is 2. The van der Waals surface area contributed by atoms with E-state index < -0.39 is 23.5 Å². The summed E-state index contributed by atoms with van der Waals surface area (Å²) >= 11 is 0. The number of carboxylic acid groups (broad SMARTS) is 1. The Kier molecular flexibility index (Phi) is 5.23. The summed E-state index contributed by atoms with van der Waals surface area (Å²) in [7, 11) is 1.45. The zero-order valence-electron chi connectivity index (χ0n) is 12.9. The molecule has 0 saturated carbocycles. The summed E-state index contributed by atoms with van der Waals surface area (Å²) in [6, 6.07) is -1.03. The van der Waals surface area contributed by atoms with Crippen LogP contribution in [-0.4, -0.2) is 32.8 Å². The van der Waals surface area contributed by atoms with Crippen LogP contribution < -0.4 is 10.9 Å². The van der Waals surface area contributed by atoms with Crippen molar-refractivity contribution in [1.82, 2.24) is 15.1 Å². The van der Waals surface area contributed by atoms with Gasteiger partial charge >= 0.3 is 5.97 Å². The number of hydrogen-bond acceptors (Lipinski definition) is 4. The minimum Gasteiger partial charge on any atom is -0.480 e. The van der Waals surface area contributed by atoms with Crippen molar-refractivity contribution in [3.05, 3.63) is 27.2 Å². The molecule has 1 rings (SSSR count). The normalized spacial score (nSPS) is 13.6. The molecule has 0 aliphatic heterocycles. The first kappa shape index (κ1) is 16.9. The quantitative estimate of drug-likeness (QED) is 0.829. The maximum absolute atomic E-state index is 12.3. The Morgan fingerprint density at radius 2 is 1.95 bits per heavy atom. The van der Waals surface area contributed by atoms with E-state index in [2.05, 4.69) is 10.4 Å². The van der Waals surface area contributed by atoms with Gasteiger partial charge in [-0.3, -0.25) is 9.59 Å². The third-order valence-corrected chi connectivity index (χ3v) is 3.72. The number of rotatable bonds is 5. The van der Waals surface area contributed by atoms with Gasteiger partial charge in [-0.1, -0.05) is 20.3 Å². The molecule has 0 aromatic carbocycles. The molecular formula is C14H21N3O4. The number of amides is 1. The fourth-order valence-electron chi connectivity index (χ4n) is 2.01. The highest BCUT2D eigenvalue weighted by Crippen LogP contribution is 2.11. The van der Waals surface area contributed by atoms with Gasteiger partial charge in [-0.25, -0.2) is 9.48 Å². The van der Waals surface area contributed by atoms with Gasteiger partial charge in [0.25, 0.3) is 11.5 Å². The lowest BCUT2D eigenvalue weighted by Gasteiger charge is -2.20.